The molecule has 0 fully saturated rings. The maximum Gasteiger partial charge on any atom is 0.262 e. The summed E-state index contributed by atoms with van der Waals surface area (Å²) in [7, 11) is 0. The van der Waals surface area contributed by atoms with Crippen LogP contribution >= 0.6 is 0 Å². The predicted molar refractivity (Wildman–Crippen MR) is 135 cm³/mol. The fourth-order valence-corrected chi connectivity index (χ4v) is 3.23. The Morgan fingerprint density at radius 3 is 2.56 bits per heavy atom. The number of benzene rings is 2. The van der Waals surface area contributed by atoms with Gasteiger partial charge in [0.1, 0.15) is 36.4 Å². The second kappa shape index (κ2) is 14.2. The van der Waals surface area contributed by atoms with Crippen molar-refractivity contribution in [2.45, 2.75) is 20.4 Å². The number of ether oxygens (including phenoxy) is 4. The van der Waals surface area contributed by atoms with E-state index in [9.17, 15) is 10.1 Å². The Kier molecular flexibility index (Phi) is 10.4. The number of rotatable bonds is 14. The average Bonchev–Trinajstić information content (AvgIpc) is 3.40. The molecule has 0 radical (unpaired) electrons. The predicted octanol–water partition coefficient (Wildman–Crippen LogP) is 4.68. The van der Waals surface area contributed by atoms with Gasteiger partial charge in [-0.25, -0.2) is 0 Å². The summed E-state index contributed by atoms with van der Waals surface area (Å²) in [4.78, 5) is 12.4. The molecule has 0 aliphatic carbocycles. The Morgan fingerprint density at radius 2 is 1.83 bits per heavy atom. The summed E-state index contributed by atoms with van der Waals surface area (Å²) in [5, 5.41) is 12.1. The average molecular weight is 491 g/mol. The molecule has 0 aliphatic rings. The zero-order valence-electron chi connectivity index (χ0n) is 20.5. The van der Waals surface area contributed by atoms with E-state index in [4.69, 9.17) is 23.4 Å². The first kappa shape index (κ1) is 26.4. The number of amides is 1. The topological polar surface area (TPSA) is 103 Å². The lowest BCUT2D eigenvalue weighted by molar-refractivity contribution is -0.117. The largest absolute Gasteiger partial charge is 0.491 e. The molecule has 3 aromatic rings. The van der Waals surface area contributed by atoms with Gasteiger partial charge >= 0.3 is 0 Å². The summed E-state index contributed by atoms with van der Waals surface area (Å²) < 4.78 is 27.9. The molecule has 0 atom stereocenters. The van der Waals surface area contributed by atoms with Crippen molar-refractivity contribution in [3.63, 3.8) is 0 Å². The van der Waals surface area contributed by atoms with E-state index >= 15 is 0 Å². The zero-order valence-corrected chi connectivity index (χ0v) is 20.5. The van der Waals surface area contributed by atoms with Crippen LogP contribution in [-0.4, -0.2) is 38.9 Å². The van der Waals surface area contributed by atoms with Crippen molar-refractivity contribution in [2.75, 3.05) is 33.0 Å². The first-order chi connectivity index (χ1) is 17.6. The first-order valence-electron chi connectivity index (χ1n) is 11.7. The number of nitrogens with one attached hydrogen (secondary N) is 1. The van der Waals surface area contributed by atoms with Gasteiger partial charge in [0, 0.05) is 0 Å². The standard InChI is InChI=1S/C28H30N2O6/c1-3-33-27-18-22(17-23(19-29)28(31)30-20-25-8-5-11-34-25)9-10-26(27)36-15-13-32-12-14-35-24-7-4-6-21(2)16-24/h4-11,16-18H,3,12-15,20H2,1-2H3,(H,30,31). The van der Waals surface area contributed by atoms with Crippen LogP contribution in [0.25, 0.3) is 6.08 Å². The molecule has 36 heavy (non-hydrogen) atoms. The zero-order chi connectivity index (χ0) is 25.6. The van der Waals surface area contributed by atoms with Crippen molar-refractivity contribution in [2.24, 2.45) is 0 Å². The number of nitrogens with zero attached hydrogens (tertiary/aromatic N) is 1. The van der Waals surface area contributed by atoms with Crippen LogP contribution in [-0.2, 0) is 16.1 Å². The molecule has 188 valence electrons. The van der Waals surface area contributed by atoms with Crippen LogP contribution in [0.5, 0.6) is 17.2 Å². The van der Waals surface area contributed by atoms with Gasteiger partial charge < -0.3 is 28.7 Å². The van der Waals surface area contributed by atoms with Gasteiger partial charge in [-0.1, -0.05) is 18.2 Å². The van der Waals surface area contributed by atoms with Crippen molar-refractivity contribution in [1.29, 1.82) is 5.26 Å². The summed E-state index contributed by atoms with van der Waals surface area (Å²) in [6, 6.07) is 18.5. The number of hydrogen-bond donors (Lipinski definition) is 1. The normalized spacial score (nSPS) is 11.0. The number of aryl methyl sites for hydroxylation is 1. The molecule has 3 rings (SSSR count). The SMILES string of the molecule is CCOc1cc(C=C(C#N)C(=O)NCc2ccco2)ccc1OCCOCCOc1cccc(C)c1. The van der Waals surface area contributed by atoms with E-state index in [0.29, 0.717) is 55.9 Å². The third-order valence-corrected chi connectivity index (χ3v) is 4.92. The second-order valence-corrected chi connectivity index (χ2v) is 7.70. The maximum absolute atomic E-state index is 12.4. The van der Waals surface area contributed by atoms with Gasteiger partial charge in [-0.3, -0.25) is 4.79 Å². The molecule has 1 aromatic heterocycles. The van der Waals surface area contributed by atoms with Crippen LogP contribution in [0.3, 0.4) is 0 Å². The van der Waals surface area contributed by atoms with Crippen molar-refractivity contribution in [3.05, 3.63) is 83.3 Å². The van der Waals surface area contributed by atoms with Crippen molar-refractivity contribution in [1.82, 2.24) is 5.32 Å². The van der Waals surface area contributed by atoms with E-state index in [0.717, 1.165) is 11.3 Å². The third kappa shape index (κ3) is 8.53. The smallest absolute Gasteiger partial charge is 0.262 e. The number of hydrogen-bond acceptors (Lipinski definition) is 7. The molecule has 0 bridgehead atoms. The summed E-state index contributed by atoms with van der Waals surface area (Å²) in [5.74, 6) is 2.00. The van der Waals surface area contributed by atoms with E-state index < -0.39 is 5.91 Å². The molecule has 2 aromatic carbocycles. The molecule has 0 aliphatic heterocycles. The molecule has 0 saturated carbocycles. The highest BCUT2D eigenvalue weighted by molar-refractivity contribution is 6.01. The number of carbonyl (C=O) groups is 1. The van der Waals surface area contributed by atoms with Gasteiger partial charge in [-0.05, 0) is 67.4 Å². The summed E-state index contributed by atoms with van der Waals surface area (Å²) in [5.41, 5.74) is 1.75. The third-order valence-electron chi connectivity index (χ3n) is 4.92. The molecular weight excluding hydrogens is 460 g/mol. The van der Waals surface area contributed by atoms with E-state index in [-0.39, 0.29) is 12.1 Å². The quantitative estimate of drug-likeness (QED) is 0.199. The summed E-state index contributed by atoms with van der Waals surface area (Å²) in [6.07, 6.45) is 3.02. The summed E-state index contributed by atoms with van der Waals surface area (Å²) in [6.45, 7) is 6.13. The van der Waals surface area contributed by atoms with Gasteiger partial charge in [-0.2, -0.15) is 5.26 Å². The lowest BCUT2D eigenvalue weighted by Gasteiger charge is -2.13. The maximum atomic E-state index is 12.4. The molecule has 8 heteroatoms. The van der Waals surface area contributed by atoms with Crippen molar-refractivity contribution < 1.29 is 28.2 Å². The van der Waals surface area contributed by atoms with E-state index in [1.807, 2.05) is 44.2 Å². The van der Waals surface area contributed by atoms with Gasteiger partial charge in [0.25, 0.3) is 5.91 Å². The van der Waals surface area contributed by atoms with Gasteiger partial charge in [0.15, 0.2) is 11.5 Å². The fraction of sp³-hybridized carbons (Fsp3) is 0.286. The lowest BCUT2D eigenvalue weighted by Crippen LogP contribution is -2.23. The molecule has 1 N–H and O–H groups in total. The van der Waals surface area contributed by atoms with E-state index in [1.54, 1.807) is 30.3 Å². The molecule has 8 nitrogen and oxygen atoms in total. The van der Waals surface area contributed by atoms with Crippen LogP contribution in [0, 0.1) is 18.3 Å². The fourth-order valence-electron chi connectivity index (χ4n) is 3.23. The Bertz CT molecular complexity index is 1180. The minimum absolute atomic E-state index is 0.0287. The molecule has 1 amide bonds. The summed E-state index contributed by atoms with van der Waals surface area (Å²) >= 11 is 0. The van der Waals surface area contributed by atoms with E-state index in [1.165, 1.54) is 12.3 Å². The lowest BCUT2D eigenvalue weighted by atomic mass is 10.1. The number of nitriles is 1. The van der Waals surface area contributed by atoms with Gasteiger partial charge in [0.05, 0.1) is 32.6 Å². The Labute approximate surface area is 211 Å². The minimum Gasteiger partial charge on any atom is -0.491 e. The number of carbonyl (C=O) groups excluding carboxylic acids is 1. The number of furan rings is 1. The highest BCUT2D eigenvalue weighted by atomic mass is 16.6. The van der Waals surface area contributed by atoms with Gasteiger partial charge in [0.2, 0.25) is 0 Å². The Balaban J connectivity index is 1.48. The van der Waals surface area contributed by atoms with Crippen LogP contribution in [0.2, 0.25) is 0 Å². The second-order valence-electron chi connectivity index (χ2n) is 7.70. The van der Waals surface area contributed by atoms with Crippen molar-refractivity contribution in [3.8, 4) is 23.3 Å². The highest BCUT2D eigenvalue weighted by Gasteiger charge is 2.11. The first-order valence-corrected chi connectivity index (χ1v) is 11.7. The van der Waals surface area contributed by atoms with Crippen molar-refractivity contribution >= 4 is 12.0 Å². The Morgan fingerprint density at radius 1 is 1.00 bits per heavy atom. The molecular formula is C28H30N2O6. The van der Waals surface area contributed by atoms with Crippen LogP contribution in [0.15, 0.2) is 70.9 Å². The van der Waals surface area contributed by atoms with Crippen LogP contribution in [0.4, 0.5) is 0 Å². The van der Waals surface area contributed by atoms with E-state index in [2.05, 4.69) is 5.32 Å². The molecule has 1 heterocycles. The van der Waals surface area contributed by atoms with Crippen LogP contribution < -0.4 is 19.5 Å². The Hall–Kier alpha value is -4.22. The van der Waals surface area contributed by atoms with Gasteiger partial charge in [-0.15, -0.1) is 0 Å². The minimum atomic E-state index is -0.490. The monoisotopic (exact) mass is 490 g/mol. The molecule has 0 unspecified atom stereocenters. The highest BCUT2D eigenvalue weighted by Crippen LogP contribution is 2.29. The van der Waals surface area contributed by atoms with Crippen LogP contribution in [0.1, 0.15) is 23.8 Å². The molecule has 0 saturated heterocycles. The molecule has 0 spiro atoms.